The standard InChI is InChI=1S/C14H26N4O/c1-4-13(5-2)18(7-8-19)11-12-9-17-14(10-16-12)15-6-3/h9-10,13,19H,4-8,11H2,1-3H3,(H,15,17). The maximum Gasteiger partial charge on any atom is 0.144 e. The first-order valence-electron chi connectivity index (χ1n) is 7.14. The lowest BCUT2D eigenvalue weighted by molar-refractivity contribution is 0.135. The minimum absolute atomic E-state index is 0.180. The Balaban J connectivity index is 2.67. The molecule has 5 heteroatoms. The van der Waals surface area contributed by atoms with Crippen molar-refractivity contribution in [3.8, 4) is 0 Å². The van der Waals surface area contributed by atoms with Crippen LogP contribution in [-0.2, 0) is 6.54 Å². The maximum absolute atomic E-state index is 9.18. The van der Waals surface area contributed by atoms with Crippen LogP contribution in [0.1, 0.15) is 39.3 Å². The highest BCUT2D eigenvalue weighted by atomic mass is 16.3. The van der Waals surface area contributed by atoms with Gasteiger partial charge in [-0.2, -0.15) is 0 Å². The molecule has 2 N–H and O–H groups in total. The minimum Gasteiger partial charge on any atom is -0.395 e. The molecule has 1 heterocycles. The summed E-state index contributed by atoms with van der Waals surface area (Å²) in [4.78, 5) is 11.0. The molecule has 0 aliphatic carbocycles. The van der Waals surface area contributed by atoms with Crippen molar-refractivity contribution in [2.24, 2.45) is 0 Å². The summed E-state index contributed by atoms with van der Waals surface area (Å²) in [7, 11) is 0. The van der Waals surface area contributed by atoms with Crippen LogP contribution in [0.2, 0.25) is 0 Å². The van der Waals surface area contributed by atoms with Gasteiger partial charge in [0.25, 0.3) is 0 Å². The van der Waals surface area contributed by atoms with E-state index in [1.165, 1.54) is 0 Å². The number of aliphatic hydroxyl groups is 1. The molecular weight excluding hydrogens is 240 g/mol. The molecule has 5 nitrogen and oxygen atoms in total. The Morgan fingerprint density at radius 2 is 1.95 bits per heavy atom. The molecule has 1 aromatic heterocycles. The summed E-state index contributed by atoms with van der Waals surface area (Å²) in [6, 6.07) is 0.488. The smallest absolute Gasteiger partial charge is 0.144 e. The van der Waals surface area contributed by atoms with Crippen molar-refractivity contribution in [1.82, 2.24) is 14.9 Å². The van der Waals surface area contributed by atoms with E-state index in [9.17, 15) is 5.11 Å². The number of aromatic nitrogens is 2. The monoisotopic (exact) mass is 266 g/mol. The number of rotatable bonds is 9. The molecule has 0 aromatic carbocycles. The van der Waals surface area contributed by atoms with Crippen LogP contribution in [0.4, 0.5) is 5.82 Å². The SMILES string of the molecule is CCNc1cnc(CN(CCO)C(CC)CC)cn1. The number of nitrogens with zero attached hydrogens (tertiary/aromatic N) is 3. The summed E-state index contributed by atoms with van der Waals surface area (Å²) in [5.74, 6) is 0.808. The number of aliphatic hydroxyl groups excluding tert-OH is 1. The zero-order valence-electron chi connectivity index (χ0n) is 12.3. The van der Waals surface area contributed by atoms with Gasteiger partial charge in [0, 0.05) is 25.7 Å². The van der Waals surface area contributed by atoms with Crippen LogP contribution in [-0.4, -0.2) is 45.7 Å². The van der Waals surface area contributed by atoms with Crippen LogP contribution in [0.3, 0.4) is 0 Å². The minimum atomic E-state index is 0.180. The van der Waals surface area contributed by atoms with E-state index in [0.29, 0.717) is 12.6 Å². The molecule has 0 amide bonds. The Hall–Kier alpha value is -1.20. The van der Waals surface area contributed by atoms with E-state index in [-0.39, 0.29) is 6.61 Å². The van der Waals surface area contributed by atoms with Crippen LogP contribution in [0.5, 0.6) is 0 Å². The summed E-state index contributed by atoms with van der Waals surface area (Å²) in [6.07, 6.45) is 5.74. The van der Waals surface area contributed by atoms with Gasteiger partial charge in [0.05, 0.1) is 24.7 Å². The molecule has 1 rings (SSSR count). The predicted octanol–water partition coefficient (Wildman–Crippen LogP) is 1.89. The van der Waals surface area contributed by atoms with Gasteiger partial charge >= 0.3 is 0 Å². The molecule has 0 unspecified atom stereocenters. The van der Waals surface area contributed by atoms with Crippen molar-refractivity contribution < 1.29 is 5.11 Å². The van der Waals surface area contributed by atoms with Crippen LogP contribution in [0.25, 0.3) is 0 Å². The van der Waals surface area contributed by atoms with Crippen LogP contribution >= 0.6 is 0 Å². The van der Waals surface area contributed by atoms with E-state index in [1.54, 1.807) is 6.20 Å². The van der Waals surface area contributed by atoms with Gasteiger partial charge in [-0.15, -0.1) is 0 Å². The molecule has 0 fully saturated rings. The van der Waals surface area contributed by atoms with Crippen molar-refractivity contribution in [1.29, 1.82) is 0 Å². The average molecular weight is 266 g/mol. The van der Waals surface area contributed by atoms with Crippen LogP contribution < -0.4 is 5.32 Å². The van der Waals surface area contributed by atoms with E-state index >= 15 is 0 Å². The number of hydrogen-bond acceptors (Lipinski definition) is 5. The Morgan fingerprint density at radius 1 is 1.21 bits per heavy atom. The summed E-state index contributed by atoms with van der Waals surface area (Å²) in [5.41, 5.74) is 0.946. The molecule has 0 aliphatic rings. The van der Waals surface area contributed by atoms with Crippen LogP contribution in [0, 0.1) is 0 Å². The second-order valence-corrected chi connectivity index (χ2v) is 4.59. The van der Waals surface area contributed by atoms with Crippen molar-refractivity contribution in [3.63, 3.8) is 0 Å². The summed E-state index contributed by atoms with van der Waals surface area (Å²) in [5, 5.41) is 12.3. The first kappa shape index (κ1) is 15.9. The van der Waals surface area contributed by atoms with Gasteiger partial charge < -0.3 is 10.4 Å². The third-order valence-electron chi connectivity index (χ3n) is 3.27. The Bertz CT molecular complexity index is 338. The molecule has 108 valence electrons. The summed E-state index contributed by atoms with van der Waals surface area (Å²) < 4.78 is 0. The Morgan fingerprint density at radius 3 is 2.42 bits per heavy atom. The fourth-order valence-corrected chi connectivity index (χ4v) is 2.24. The molecule has 0 aliphatic heterocycles. The molecule has 0 saturated heterocycles. The molecule has 19 heavy (non-hydrogen) atoms. The molecule has 0 saturated carbocycles. The zero-order chi connectivity index (χ0) is 14.1. The lowest BCUT2D eigenvalue weighted by atomic mass is 10.1. The first-order chi connectivity index (χ1) is 9.24. The van der Waals surface area contributed by atoms with Gasteiger partial charge in [0.1, 0.15) is 5.82 Å². The van der Waals surface area contributed by atoms with Gasteiger partial charge in [-0.05, 0) is 19.8 Å². The Labute approximate surface area is 116 Å². The number of nitrogens with one attached hydrogen (secondary N) is 1. The third kappa shape index (κ3) is 5.12. The molecule has 0 spiro atoms. The van der Waals surface area contributed by atoms with Gasteiger partial charge in [-0.1, -0.05) is 13.8 Å². The fourth-order valence-electron chi connectivity index (χ4n) is 2.24. The third-order valence-corrected chi connectivity index (χ3v) is 3.27. The van der Waals surface area contributed by atoms with Crippen molar-refractivity contribution in [2.75, 3.05) is 25.0 Å². The van der Waals surface area contributed by atoms with Gasteiger partial charge in [-0.3, -0.25) is 9.88 Å². The van der Waals surface area contributed by atoms with Crippen molar-refractivity contribution in [3.05, 3.63) is 18.1 Å². The lowest BCUT2D eigenvalue weighted by Gasteiger charge is -2.29. The topological polar surface area (TPSA) is 61.3 Å². The fraction of sp³-hybridized carbons (Fsp3) is 0.714. The van der Waals surface area contributed by atoms with Crippen molar-refractivity contribution >= 4 is 5.82 Å². The number of hydrogen-bond donors (Lipinski definition) is 2. The van der Waals surface area contributed by atoms with E-state index in [0.717, 1.165) is 37.4 Å². The van der Waals surface area contributed by atoms with E-state index in [4.69, 9.17) is 0 Å². The number of anilines is 1. The first-order valence-corrected chi connectivity index (χ1v) is 7.14. The molecular formula is C14H26N4O. The lowest BCUT2D eigenvalue weighted by Crippen LogP contribution is -2.36. The maximum atomic E-state index is 9.18. The quantitative estimate of drug-likeness (QED) is 0.715. The molecule has 0 atom stereocenters. The highest BCUT2D eigenvalue weighted by Gasteiger charge is 2.15. The predicted molar refractivity (Wildman–Crippen MR) is 78.1 cm³/mol. The van der Waals surface area contributed by atoms with Gasteiger partial charge in [0.15, 0.2) is 0 Å². The molecule has 0 bridgehead atoms. The molecule has 1 aromatic rings. The van der Waals surface area contributed by atoms with Gasteiger partial charge in [0.2, 0.25) is 0 Å². The normalized spacial score (nSPS) is 11.3. The molecule has 0 radical (unpaired) electrons. The van der Waals surface area contributed by atoms with Gasteiger partial charge in [-0.25, -0.2) is 4.98 Å². The zero-order valence-corrected chi connectivity index (χ0v) is 12.3. The van der Waals surface area contributed by atoms with E-state index < -0.39 is 0 Å². The Kier molecular flexibility index (Phi) is 7.36. The van der Waals surface area contributed by atoms with Crippen molar-refractivity contribution in [2.45, 2.75) is 46.2 Å². The van der Waals surface area contributed by atoms with Crippen LogP contribution in [0.15, 0.2) is 12.4 Å². The second-order valence-electron chi connectivity index (χ2n) is 4.59. The highest BCUT2D eigenvalue weighted by Crippen LogP contribution is 2.12. The van der Waals surface area contributed by atoms with E-state index in [2.05, 4.69) is 34.0 Å². The summed E-state index contributed by atoms with van der Waals surface area (Å²) >= 11 is 0. The largest absolute Gasteiger partial charge is 0.395 e. The second kappa shape index (κ2) is 8.82. The highest BCUT2D eigenvalue weighted by molar-refractivity contribution is 5.30. The average Bonchev–Trinajstić information content (AvgIpc) is 2.43. The van der Waals surface area contributed by atoms with E-state index in [1.807, 2.05) is 13.1 Å². The summed E-state index contributed by atoms with van der Waals surface area (Å²) in [6.45, 7) is 8.84.